The van der Waals surface area contributed by atoms with E-state index in [4.69, 9.17) is 16.6 Å². The lowest BCUT2D eigenvalue weighted by atomic mass is 10.0. The van der Waals surface area contributed by atoms with E-state index in [9.17, 15) is 5.11 Å². The number of aromatic nitrogens is 9. The van der Waals surface area contributed by atoms with Crippen LogP contribution in [-0.2, 0) is 7.05 Å². The molecule has 0 bridgehead atoms. The van der Waals surface area contributed by atoms with Crippen LogP contribution in [-0.4, -0.2) is 45.2 Å². The number of pyridine rings is 1. The zero-order valence-electron chi connectivity index (χ0n) is 19.3. The van der Waals surface area contributed by atoms with E-state index in [0.717, 1.165) is 17.7 Å². The van der Waals surface area contributed by atoms with Crippen molar-refractivity contribution < 1.29 is 14.2 Å². The molecule has 0 spiro atoms. The van der Waals surface area contributed by atoms with Crippen molar-refractivity contribution in [2.45, 2.75) is 25.3 Å². The van der Waals surface area contributed by atoms with Gasteiger partial charge >= 0.3 is 0 Å². The molecule has 0 aliphatic heterocycles. The molecule has 1 fully saturated rings. The number of benzene rings is 1. The number of rotatable bonds is 7. The highest BCUT2D eigenvalue weighted by Crippen LogP contribution is 2.40. The number of tetrazole rings is 1. The molecule has 36 heavy (non-hydrogen) atoms. The first-order chi connectivity index (χ1) is 17.5. The van der Waals surface area contributed by atoms with Crippen molar-refractivity contribution in [2.75, 3.05) is 0 Å². The first-order valence-corrected chi connectivity index (χ1v) is 11.8. The first kappa shape index (κ1) is 22.4. The van der Waals surface area contributed by atoms with Gasteiger partial charge in [0.2, 0.25) is 0 Å². The Balaban J connectivity index is 1.37. The van der Waals surface area contributed by atoms with Gasteiger partial charge < -0.3 is 5.11 Å². The molecule has 0 unspecified atom stereocenters. The van der Waals surface area contributed by atoms with Gasteiger partial charge in [-0.3, -0.25) is 14.3 Å². The Bertz CT molecular complexity index is 1500. The third-order valence-corrected chi connectivity index (χ3v) is 6.79. The Hall–Kier alpha value is -4.12. The molecule has 1 aliphatic carbocycles. The molecular weight excluding hydrogens is 485 g/mol. The van der Waals surface area contributed by atoms with Gasteiger partial charge in [0.25, 0.3) is 6.33 Å². The summed E-state index contributed by atoms with van der Waals surface area (Å²) in [5, 5.41) is 29.1. The van der Waals surface area contributed by atoms with E-state index >= 15 is 4.39 Å². The topological polar surface area (TPSA) is 114 Å². The minimum Gasteiger partial charge on any atom is -0.504 e. The van der Waals surface area contributed by atoms with Crippen LogP contribution in [0, 0.1) is 11.7 Å². The maximum atomic E-state index is 15.2. The summed E-state index contributed by atoms with van der Waals surface area (Å²) in [6, 6.07) is 6.81. The number of aromatic amines is 1. The summed E-state index contributed by atoms with van der Waals surface area (Å²) in [5.74, 6) is 0.159. The largest absolute Gasteiger partial charge is 0.504 e. The zero-order chi connectivity index (χ0) is 24.8. The van der Waals surface area contributed by atoms with E-state index in [1.807, 2.05) is 23.0 Å². The summed E-state index contributed by atoms with van der Waals surface area (Å²) in [4.78, 5) is 4.72. The molecule has 1 atom stereocenters. The second-order valence-electron chi connectivity index (χ2n) is 8.93. The van der Waals surface area contributed by atoms with Crippen LogP contribution in [0.15, 0.2) is 55.4 Å². The molecule has 0 saturated heterocycles. The normalized spacial score (nSPS) is 14.3. The second-order valence-corrected chi connectivity index (χ2v) is 9.34. The highest BCUT2D eigenvalue weighted by molar-refractivity contribution is 6.31. The fraction of sp³-hybridized carbons (Fsp3) is 0.250. The highest BCUT2D eigenvalue weighted by atomic mass is 35.5. The maximum absolute atomic E-state index is 15.2. The predicted molar refractivity (Wildman–Crippen MR) is 128 cm³/mol. The Morgan fingerprint density at radius 2 is 2.03 bits per heavy atom. The summed E-state index contributed by atoms with van der Waals surface area (Å²) in [7, 11) is 1.77. The van der Waals surface area contributed by atoms with E-state index in [-0.39, 0.29) is 16.8 Å². The number of aromatic hydroxyl groups is 1. The summed E-state index contributed by atoms with van der Waals surface area (Å²) < 4.78 is 20.2. The number of halogens is 2. The van der Waals surface area contributed by atoms with Crippen LogP contribution in [0.1, 0.15) is 31.0 Å². The molecule has 5 aromatic rings. The van der Waals surface area contributed by atoms with E-state index in [1.54, 1.807) is 30.2 Å². The van der Waals surface area contributed by atoms with Gasteiger partial charge in [-0.25, -0.2) is 4.39 Å². The monoisotopic (exact) mass is 506 g/mol. The van der Waals surface area contributed by atoms with Crippen LogP contribution < -0.4 is 4.68 Å². The Labute approximate surface area is 210 Å². The molecule has 182 valence electrons. The SMILES string of the molecule is Cn1ncc(O)c1-c1cnn([C@@H](CC2CC2)c2ccc(-c3c(-[n+]4cnn[nH]4)ccc(Cl)c3F)cn2)c1. The van der Waals surface area contributed by atoms with Gasteiger partial charge in [0.1, 0.15) is 16.5 Å². The number of hydrogen-bond acceptors (Lipinski definition) is 6. The van der Waals surface area contributed by atoms with Crippen LogP contribution in [0.2, 0.25) is 5.02 Å². The molecule has 0 radical (unpaired) electrons. The van der Waals surface area contributed by atoms with Gasteiger partial charge in [-0.1, -0.05) is 35.7 Å². The second kappa shape index (κ2) is 8.83. The third-order valence-electron chi connectivity index (χ3n) is 6.49. The van der Waals surface area contributed by atoms with Gasteiger partial charge in [0.05, 0.1) is 34.7 Å². The lowest BCUT2D eigenvalue weighted by Crippen LogP contribution is -2.33. The number of nitrogens with one attached hydrogen (secondary N) is 1. The van der Waals surface area contributed by atoms with Gasteiger partial charge in [-0.2, -0.15) is 10.2 Å². The summed E-state index contributed by atoms with van der Waals surface area (Å²) in [6.45, 7) is 0. The molecular formula is C24H22ClFN9O+. The van der Waals surface area contributed by atoms with Crippen molar-refractivity contribution in [3.05, 3.63) is 71.9 Å². The van der Waals surface area contributed by atoms with E-state index in [2.05, 4.69) is 25.7 Å². The lowest BCUT2D eigenvalue weighted by Gasteiger charge is -2.18. The van der Waals surface area contributed by atoms with Crippen LogP contribution in [0.5, 0.6) is 5.75 Å². The van der Waals surface area contributed by atoms with E-state index in [0.29, 0.717) is 28.4 Å². The molecule has 2 N–H and O–H groups in total. The van der Waals surface area contributed by atoms with Crippen LogP contribution in [0.3, 0.4) is 0 Å². The Morgan fingerprint density at radius 3 is 2.69 bits per heavy atom. The molecule has 12 heteroatoms. The van der Waals surface area contributed by atoms with Crippen LogP contribution >= 0.6 is 11.6 Å². The minimum absolute atomic E-state index is 0.0139. The number of hydrogen-bond donors (Lipinski definition) is 2. The van der Waals surface area contributed by atoms with Crippen LogP contribution in [0.25, 0.3) is 28.1 Å². The van der Waals surface area contributed by atoms with Crippen molar-refractivity contribution >= 4 is 11.6 Å². The van der Waals surface area contributed by atoms with Crippen molar-refractivity contribution in [3.63, 3.8) is 0 Å². The fourth-order valence-electron chi connectivity index (χ4n) is 4.48. The zero-order valence-corrected chi connectivity index (χ0v) is 20.0. The molecule has 0 amide bonds. The number of aryl methyl sites for hydroxylation is 1. The Morgan fingerprint density at radius 1 is 1.17 bits per heavy atom. The quantitative estimate of drug-likeness (QED) is 0.326. The standard InChI is InChI=1S/C24H21ClFN9O/c1-33-24(21(36)11-29-33)16-10-30-34(12-16)20(8-14-2-3-14)18-6-4-15(9-27-18)22-19(35-13-28-31-32-35)7-5-17(25)23(22)26/h4-7,9-14,20,36H,2-3,8H2,1H3/p+1/t20-/m0/s1. The highest BCUT2D eigenvalue weighted by Gasteiger charge is 2.29. The molecule has 1 saturated carbocycles. The van der Waals surface area contributed by atoms with E-state index in [1.165, 1.54) is 36.1 Å². The van der Waals surface area contributed by atoms with Gasteiger partial charge in [-0.05, 0) is 30.5 Å². The van der Waals surface area contributed by atoms with Gasteiger partial charge in [0.15, 0.2) is 16.8 Å². The van der Waals surface area contributed by atoms with Crippen molar-refractivity contribution in [1.29, 1.82) is 0 Å². The van der Waals surface area contributed by atoms with Crippen molar-refractivity contribution in [3.8, 4) is 33.8 Å². The molecule has 4 heterocycles. The molecule has 6 rings (SSSR count). The third kappa shape index (κ3) is 4.01. The Kier molecular flexibility index (Phi) is 5.48. The van der Waals surface area contributed by atoms with Gasteiger partial charge in [0, 0.05) is 30.6 Å². The number of nitrogens with zero attached hydrogens (tertiary/aromatic N) is 8. The average Bonchev–Trinajstić information content (AvgIpc) is 3.23. The first-order valence-electron chi connectivity index (χ1n) is 11.5. The minimum atomic E-state index is -0.548. The summed E-state index contributed by atoms with van der Waals surface area (Å²) in [5.41, 5.74) is 3.56. The molecule has 10 nitrogen and oxygen atoms in total. The van der Waals surface area contributed by atoms with Crippen molar-refractivity contribution in [1.82, 2.24) is 40.1 Å². The molecule has 1 aromatic carbocycles. The summed E-state index contributed by atoms with van der Waals surface area (Å²) >= 11 is 6.11. The van der Waals surface area contributed by atoms with E-state index < -0.39 is 5.82 Å². The fourth-order valence-corrected chi connectivity index (χ4v) is 4.64. The number of H-pyrrole nitrogens is 1. The van der Waals surface area contributed by atoms with Gasteiger partial charge in [-0.15, -0.1) is 4.68 Å². The molecule has 4 aromatic heterocycles. The molecule has 1 aliphatic rings. The maximum Gasteiger partial charge on any atom is 0.293 e. The predicted octanol–water partition coefficient (Wildman–Crippen LogP) is 3.63. The van der Waals surface area contributed by atoms with Crippen molar-refractivity contribution in [2.24, 2.45) is 13.0 Å². The average molecular weight is 507 g/mol. The summed E-state index contributed by atoms with van der Waals surface area (Å²) in [6.07, 6.45) is 11.4. The smallest absolute Gasteiger partial charge is 0.293 e. The van der Waals surface area contributed by atoms with Crippen LogP contribution in [0.4, 0.5) is 4.39 Å². The lowest BCUT2D eigenvalue weighted by molar-refractivity contribution is -0.659.